The van der Waals surface area contributed by atoms with Gasteiger partial charge in [0.2, 0.25) is 0 Å². The maximum Gasteiger partial charge on any atom is 0.119 e. The molecule has 0 aromatic heterocycles. The highest BCUT2D eigenvalue weighted by Crippen LogP contribution is 2.78. The molecule has 1 saturated heterocycles. The molecule has 8 unspecified atom stereocenters. The van der Waals surface area contributed by atoms with Crippen LogP contribution in [0, 0.1) is 23.7 Å². The first-order chi connectivity index (χ1) is 13.1. The second-order valence-corrected chi connectivity index (χ2v) is 10.4. The van der Waals surface area contributed by atoms with Crippen molar-refractivity contribution in [2.45, 2.75) is 67.7 Å². The molecule has 0 radical (unpaired) electrons. The summed E-state index contributed by atoms with van der Waals surface area (Å²) in [5.74, 6) is 3.68. The fraction of sp³-hybridized carbons (Fsp3) is 0.739. The topological polar surface area (TPSA) is 52.9 Å². The van der Waals surface area contributed by atoms with Gasteiger partial charge in [0.1, 0.15) is 5.75 Å². The van der Waals surface area contributed by atoms with E-state index in [1.807, 2.05) is 0 Å². The number of hydrogen-bond acceptors (Lipinski definition) is 4. The maximum absolute atomic E-state index is 12.3. The third-order valence-corrected chi connectivity index (χ3v) is 9.48. The van der Waals surface area contributed by atoms with Crippen molar-refractivity contribution in [1.82, 2.24) is 4.90 Å². The van der Waals surface area contributed by atoms with Gasteiger partial charge in [-0.15, -0.1) is 0 Å². The zero-order chi connectivity index (χ0) is 18.1. The standard InChI is InChI=1S/C23H29NO3/c1-27-15-5-4-13-8-16-19-18-20(16)24(11-12-2-3-12)21(18)23(26)10-14(25)6-7-22(19,23)17(13)9-15/h4-5,9,12,14,16,18-21,25-26H,2-3,6-8,10-11H2,1H3. The molecule has 4 saturated carbocycles. The molecule has 8 atom stereocenters. The number of ether oxygens (including phenoxy) is 1. The van der Waals surface area contributed by atoms with Crippen LogP contribution >= 0.6 is 0 Å². The van der Waals surface area contributed by atoms with E-state index in [4.69, 9.17) is 4.74 Å². The van der Waals surface area contributed by atoms with Crippen molar-refractivity contribution in [3.63, 3.8) is 0 Å². The van der Waals surface area contributed by atoms with E-state index in [9.17, 15) is 10.2 Å². The summed E-state index contributed by atoms with van der Waals surface area (Å²) in [4.78, 5) is 2.69. The molecule has 5 fully saturated rings. The summed E-state index contributed by atoms with van der Waals surface area (Å²) in [6, 6.07) is 7.50. The normalized spacial score (nSPS) is 51.5. The van der Waals surface area contributed by atoms with Gasteiger partial charge < -0.3 is 14.9 Å². The van der Waals surface area contributed by atoms with Crippen LogP contribution in [-0.2, 0) is 11.8 Å². The number of methoxy groups -OCH3 is 1. The number of rotatable bonds is 3. The number of benzene rings is 1. The van der Waals surface area contributed by atoms with Crippen LogP contribution in [0.3, 0.4) is 0 Å². The Morgan fingerprint density at radius 2 is 2.11 bits per heavy atom. The lowest BCUT2D eigenvalue weighted by Crippen LogP contribution is -2.77. The monoisotopic (exact) mass is 367 g/mol. The lowest BCUT2D eigenvalue weighted by atomic mass is 9.44. The number of likely N-dealkylation sites (tertiary alicyclic amines) is 1. The van der Waals surface area contributed by atoms with E-state index in [1.165, 1.54) is 30.5 Å². The molecule has 2 N–H and O–H groups in total. The minimum absolute atomic E-state index is 0.177. The molecule has 27 heavy (non-hydrogen) atoms. The Hall–Kier alpha value is -1.10. The predicted molar refractivity (Wildman–Crippen MR) is 101 cm³/mol. The summed E-state index contributed by atoms with van der Waals surface area (Å²) in [7, 11) is 1.73. The van der Waals surface area contributed by atoms with Crippen LogP contribution in [0.5, 0.6) is 5.75 Å². The highest BCUT2D eigenvalue weighted by molar-refractivity contribution is 5.54. The van der Waals surface area contributed by atoms with E-state index >= 15 is 0 Å². The van der Waals surface area contributed by atoms with Crippen LogP contribution in [0.2, 0.25) is 0 Å². The van der Waals surface area contributed by atoms with Crippen LogP contribution in [0.1, 0.15) is 43.2 Å². The molecule has 0 bridgehead atoms. The fourth-order valence-corrected chi connectivity index (χ4v) is 8.54. The fourth-order valence-electron chi connectivity index (χ4n) is 8.54. The van der Waals surface area contributed by atoms with Gasteiger partial charge in [0.25, 0.3) is 0 Å². The van der Waals surface area contributed by atoms with Crippen molar-refractivity contribution < 1.29 is 14.9 Å². The van der Waals surface area contributed by atoms with Crippen molar-refractivity contribution in [1.29, 1.82) is 0 Å². The Morgan fingerprint density at radius 1 is 1.26 bits per heavy atom. The van der Waals surface area contributed by atoms with E-state index in [0.29, 0.717) is 30.2 Å². The molecule has 1 aromatic rings. The average molecular weight is 367 g/mol. The summed E-state index contributed by atoms with van der Waals surface area (Å²) in [6.45, 7) is 1.17. The molecular weight excluding hydrogens is 338 g/mol. The molecule has 5 aliphatic carbocycles. The summed E-state index contributed by atoms with van der Waals surface area (Å²) in [5, 5.41) is 22.9. The van der Waals surface area contributed by atoms with Gasteiger partial charge in [-0.25, -0.2) is 0 Å². The minimum Gasteiger partial charge on any atom is -0.497 e. The Morgan fingerprint density at radius 3 is 2.89 bits per heavy atom. The SMILES string of the molecule is COc1ccc2c(c1)C13CCC(O)CC1(O)C1C4C(C(C2)C43)N1CC1CC1. The van der Waals surface area contributed by atoms with E-state index in [0.717, 1.165) is 30.9 Å². The average Bonchev–Trinajstić information content (AvgIpc) is 3.43. The number of hydrogen-bond donors (Lipinski definition) is 2. The van der Waals surface area contributed by atoms with Crippen LogP contribution in [-0.4, -0.2) is 52.6 Å². The summed E-state index contributed by atoms with van der Waals surface area (Å²) < 4.78 is 5.58. The quantitative estimate of drug-likeness (QED) is 0.859. The van der Waals surface area contributed by atoms with Crippen molar-refractivity contribution in [3.05, 3.63) is 29.3 Å². The van der Waals surface area contributed by atoms with Crippen LogP contribution in [0.25, 0.3) is 0 Å². The van der Waals surface area contributed by atoms with Gasteiger partial charge in [-0.3, -0.25) is 4.90 Å². The lowest BCUT2D eigenvalue weighted by molar-refractivity contribution is -0.206. The largest absolute Gasteiger partial charge is 0.497 e. The number of aliphatic hydroxyl groups is 2. The van der Waals surface area contributed by atoms with Crippen LogP contribution in [0.4, 0.5) is 0 Å². The van der Waals surface area contributed by atoms with Crippen molar-refractivity contribution >= 4 is 0 Å². The van der Waals surface area contributed by atoms with Crippen LogP contribution in [0.15, 0.2) is 18.2 Å². The molecular formula is C23H29NO3. The minimum atomic E-state index is -0.790. The van der Waals surface area contributed by atoms with E-state index < -0.39 is 5.60 Å². The third-order valence-electron chi connectivity index (χ3n) is 9.48. The molecule has 0 amide bonds. The number of nitrogens with zero attached hydrogens (tertiary/aromatic N) is 1. The highest BCUT2D eigenvalue weighted by atomic mass is 16.5. The Bertz CT molecular complexity index is 837. The van der Waals surface area contributed by atoms with Gasteiger partial charge in [-0.05, 0) is 79.0 Å². The first kappa shape index (κ1) is 15.8. The molecule has 7 rings (SSSR count). The first-order valence-electron chi connectivity index (χ1n) is 10.9. The molecule has 6 aliphatic rings. The molecule has 4 nitrogen and oxygen atoms in total. The summed E-state index contributed by atoms with van der Waals surface area (Å²) in [6.07, 6.45) is 5.78. The summed E-state index contributed by atoms with van der Waals surface area (Å²) in [5.41, 5.74) is 1.80. The Balaban J connectivity index is 1.43. The Labute approximate surface area is 160 Å². The van der Waals surface area contributed by atoms with E-state index in [2.05, 4.69) is 23.1 Å². The molecule has 1 aromatic carbocycles. The van der Waals surface area contributed by atoms with Gasteiger partial charge in [0.05, 0.1) is 18.8 Å². The summed E-state index contributed by atoms with van der Waals surface area (Å²) >= 11 is 0. The van der Waals surface area contributed by atoms with Crippen LogP contribution < -0.4 is 4.74 Å². The zero-order valence-electron chi connectivity index (χ0n) is 16.0. The van der Waals surface area contributed by atoms with Gasteiger partial charge in [0.15, 0.2) is 0 Å². The van der Waals surface area contributed by atoms with Gasteiger partial charge in [0, 0.05) is 30.5 Å². The third kappa shape index (κ3) is 1.58. The second-order valence-electron chi connectivity index (χ2n) is 10.4. The molecule has 4 heteroatoms. The Kier molecular flexibility index (Phi) is 2.76. The van der Waals surface area contributed by atoms with Crippen molar-refractivity contribution in [3.8, 4) is 5.75 Å². The van der Waals surface area contributed by atoms with Gasteiger partial charge in [-0.2, -0.15) is 0 Å². The van der Waals surface area contributed by atoms with E-state index in [-0.39, 0.29) is 17.6 Å². The first-order valence-corrected chi connectivity index (χ1v) is 10.9. The lowest BCUT2D eigenvalue weighted by Gasteiger charge is -2.68. The molecule has 1 spiro atoms. The molecule has 1 heterocycles. The maximum atomic E-state index is 12.3. The zero-order valence-corrected chi connectivity index (χ0v) is 16.0. The highest BCUT2D eigenvalue weighted by Gasteiger charge is 2.85. The number of aliphatic hydroxyl groups excluding tert-OH is 1. The van der Waals surface area contributed by atoms with Crippen molar-refractivity contribution in [2.75, 3.05) is 13.7 Å². The van der Waals surface area contributed by atoms with Crippen molar-refractivity contribution in [2.24, 2.45) is 23.7 Å². The van der Waals surface area contributed by atoms with E-state index in [1.54, 1.807) is 7.11 Å². The smallest absolute Gasteiger partial charge is 0.119 e. The number of fused-ring (bicyclic) bond motifs is 3. The van der Waals surface area contributed by atoms with Gasteiger partial charge >= 0.3 is 0 Å². The predicted octanol–water partition coefficient (Wildman–Crippen LogP) is 2.10. The second kappa shape index (κ2) is 4.72. The number of piperidine rings is 1. The van der Waals surface area contributed by atoms with Gasteiger partial charge in [-0.1, -0.05) is 6.07 Å². The molecule has 1 aliphatic heterocycles. The molecule has 144 valence electrons.